The molecule has 11 heteroatoms. The van der Waals surface area contributed by atoms with Crippen molar-refractivity contribution >= 4 is 129 Å². The van der Waals surface area contributed by atoms with E-state index in [9.17, 15) is 0 Å². The fourth-order valence-corrected chi connectivity index (χ4v) is 15.6. The van der Waals surface area contributed by atoms with Crippen LogP contribution < -0.4 is 47.0 Å². The number of imidazole rings is 2. The second-order valence-electron chi connectivity index (χ2n) is 23.3. The molecule has 0 saturated heterocycles. The Balaban J connectivity index is 0.717. The van der Waals surface area contributed by atoms with Crippen molar-refractivity contribution in [3.63, 3.8) is 0 Å². The highest BCUT2D eigenvalue weighted by molar-refractivity contribution is 6.99. The maximum Gasteiger partial charge on any atom is 0.260 e. The quantitative estimate of drug-likeness (QED) is 0.165. The first-order chi connectivity index (χ1) is 42.7. The Kier molecular flexibility index (Phi) is 8.51. The number of para-hydroxylation sites is 8. The molecule has 0 saturated carbocycles. The molecule has 0 amide bonds. The molecule has 0 spiro atoms. The van der Waals surface area contributed by atoms with Crippen LogP contribution in [0, 0.1) is 0 Å². The monoisotopic (exact) mass is 1100 g/mol. The van der Waals surface area contributed by atoms with Gasteiger partial charge in [-0.2, -0.15) is 0 Å². The standard InChI is InChI=1S/C75H42B2N6O3/c1-2-17-45(18-3-1)81-59-29-10-11-30-60(59)82-62-42-67-70-73(71(62)78-75(81)82)86-64-33-13-7-25-53(64)76(70)54-37-35-44(40-66(54)85-67)43-36-38-58-51(39-43)48-21-4-8-27-56(48)79(58)46-19-14-20-47(41-46)80-57-28-9-5-22-49(57)68-50-23-15-26-55-72(50)83(74(68)80)61-31-16-34-65-69(61)77(55)52-24-6-12-32-63(52)84-65/h1-42H. The molecule has 17 aromatic rings. The fourth-order valence-electron chi connectivity index (χ4n) is 15.6. The van der Waals surface area contributed by atoms with Crippen molar-refractivity contribution in [1.29, 1.82) is 0 Å². The average Bonchev–Trinajstić information content (AvgIpc) is 1.52. The largest absolute Gasteiger partial charge is 0.458 e. The van der Waals surface area contributed by atoms with Gasteiger partial charge < -0.3 is 18.8 Å². The van der Waals surface area contributed by atoms with Crippen LogP contribution >= 0.6 is 0 Å². The van der Waals surface area contributed by atoms with Gasteiger partial charge in [-0.05, 0) is 136 Å². The summed E-state index contributed by atoms with van der Waals surface area (Å²) >= 11 is 0. The number of nitrogens with zero attached hydrogens (tertiary/aromatic N) is 6. The predicted octanol–water partition coefficient (Wildman–Crippen LogP) is 13.9. The van der Waals surface area contributed by atoms with E-state index in [1.165, 1.54) is 48.8 Å². The van der Waals surface area contributed by atoms with E-state index in [1.807, 2.05) is 6.07 Å². The fraction of sp³-hybridized carbons (Fsp3) is 0. The minimum absolute atomic E-state index is 0.0512. The number of ether oxygens (including phenoxy) is 3. The van der Waals surface area contributed by atoms with Gasteiger partial charge in [0.2, 0.25) is 5.78 Å². The van der Waals surface area contributed by atoms with E-state index in [0.29, 0.717) is 0 Å². The third kappa shape index (κ3) is 5.69. The number of hydrogen-bond acceptors (Lipinski definition) is 4. The average molecular weight is 1100 g/mol. The van der Waals surface area contributed by atoms with Crippen LogP contribution in [0.1, 0.15) is 0 Å². The van der Waals surface area contributed by atoms with Gasteiger partial charge in [0.15, 0.2) is 5.75 Å². The third-order valence-corrected chi connectivity index (χ3v) is 19.0. The summed E-state index contributed by atoms with van der Waals surface area (Å²) in [4.78, 5) is 5.44. The van der Waals surface area contributed by atoms with Crippen LogP contribution in [0.15, 0.2) is 255 Å². The highest BCUT2D eigenvalue weighted by Gasteiger charge is 2.44. The van der Waals surface area contributed by atoms with Gasteiger partial charge in [-0.25, -0.2) is 4.98 Å². The van der Waals surface area contributed by atoms with Crippen LogP contribution in [0.4, 0.5) is 0 Å². The van der Waals surface area contributed by atoms with Crippen molar-refractivity contribution in [3.8, 4) is 68.4 Å². The van der Waals surface area contributed by atoms with Crippen molar-refractivity contribution in [3.05, 3.63) is 255 Å². The molecule has 0 radical (unpaired) electrons. The van der Waals surface area contributed by atoms with Gasteiger partial charge in [-0.15, -0.1) is 0 Å². The van der Waals surface area contributed by atoms with E-state index >= 15 is 0 Å². The van der Waals surface area contributed by atoms with Gasteiger partial charge in [-0.3, -0.25) is 18.1 Å². The lowest BCUT2D eigenvalue weighted by molar-refractivity contribution is 0.468. The Bertz CT molecular complexity index is 5930. The summed E-state index contributed by atoms with van der Waals surface area (Å²) < 4.78 is 32.8. The predicted molar refractivity (Wildman–Crippen MR) is 349 cm³/mol. The molecule has 12 aromatic carbocycles. The molecule has 396 valence electrons. The molecular weight excluding hydrogens is 1050 g/mol. The van der Waals surface area contributed by atoms with Gasteiger partial charge >= 0.3 is 0 Å². The number of fused-ring (bicyclic) bond motifs is 22. The van der Waals surface area contributed by atoms with Crippen LogP contribution in [0.25, 0.3) is 116 Å². The maximum absolute atomic E-state index is 7.19. The molecule has 0 N–H and O–H groups in total. The molecule has 4 aliphatic rings. The van der Waals surface area contributed by atoms with Gasteiger partial charge in [0.25, 0.3) is 13.4 Å². The van der Waals surface area contributed by atoms with E-state index in [1.54, 1.807) is 0 Å². The normalized spacial score (nSPS) is 13.3. The molecule has 4 aliphatic heterocycles. The van der Waals surface area contributed by atoms with E-state index in [-0.39, 0.29) is 13.4 Å². The Morgan fingerprint density at radius 2 is 0.919 bits per heavy atom. The molecule has 9 heterocycles. The van der Waals surface area contributed by atoms with Crippen LogP contribution in [0.5, 0.6) is 34.5 Å². The van der Waals surface area contributed by atoms with Crippen molar-refractivity contribution in [2.24, 2.45) is 0 Å². The van der Waals surface area contributed by atoms with Gasteiger partial charge in [-0.1, -0.05) is 152 Å². The molecule has 0 aliphatic carbocycles. The van der Waals surface area contributed by atoms with Crippen molar-refractivity contribution in [2.75, 3.05) is 0 Å². The number of rotatable bonds is 4. The molecule has 9 nitrogen and oxygen atoms in total. The summed E-state index contributed by atoms with van der Waals surface area (Å²) in [6, 6.07) is 92.0. The van der Waals surface area contributed by atoms with Crippen LogP contribution in [0.2, 0.25) is 0 Å². The number of benzene rings is 12. The first-order valence-electron chi connectivity index (χ1n) is 29.4. The maximum atomic E-state index is 7.19. The Hall–Kier alpha value is -11.4. The second-order valence-corrected chi connectivity index (χ2v) is 23.3. The molecule has 0 fully saturated rings. The molecule has 0 atom stereocenters. The lowest BCUT2D eigenvalue weighted by Gasteiger charge is -2.33. The summed E-state index contributed by atoms with van der Waals surface area (Å²) in [6.07, 6.45) is 0. The highest BCUT2D eigenvalue weighted by Crippen LogP contribution is 2.46. The van der Waals surface area contributed by atoms with E-state index < -0.39 is 0 Å². The smallest absolute Gasteiger partial charge is 0.260 e. The zero-order valence-electron chi connectivity index (χ0n) is 45.8. The second kappa shape index (κ2) is 16.2. The zero-order chi connectivity index (χ0) is 55.6. The molecule has 21 rings (SSSR count). The summed E-state index contributed by atoms with van der Waals surface area (Å²) in [5.41, 5.74) is 23.1. The SMILES string of the molecule is c1ccc(-n2c3ccccc3n3c4cc5c6c(c4nc23)Oc2ccccc2B6c2ccc(-c3ccc4c(c3)c3ccccc3n4-c3cccc(-n4c6ccccc6c6c7cccc8c7n(c64)-c4cccc6c4B8c4ccccc4O6)c3)cc2O5)cc1. The summed E-state index contributed by atoms with van der Waals surface area (Å²) in [5, 5.41) is 6.08. The van der Waals surface area contributed by atoms with E-state index in [0.717, 1.165) is 135 Å². The number of aromatic nitrogens is 6. The summed E-state index contributed by atoms with van der Waals surface area (Å²) in [5.74, 6) is 5.81. The van der Waals surface area contributed by atoms with Crippen LogP contribution in [0.3, 0.4) is 0 Å². The lowest BCUT2D eigenvalue weighted by atomic mass is 9.34. The van der Waals surface area contributed by atoms with E-state index in [4.69, 9.17) is 19.2 Å². The Morgan fingerprint density at radius 3 is 1.77 bits per heavy atom. The molecular formula is C75H42B2N6O3. The van der Waals surface area contributed by atoms with Crippen molar-refractivity contribution in [1.82, 2.24) is 27.7 Å². The molecule has 0 unspecified atom stereocenters. The molecule has 5 aromatic heterocycles. The van der Waals surface area contributed by atoms with Gasteiger partial charge in [0.05, 0.1) is 38.6 Å². The highest BCUT2D eigenvalue weighted by atomic mass is 16.5. The Morgan fingerprint density at radius 1 is 0.326 bits per heavy atom. The first kappa shape index (κ1) is 45.1. The zero-order valence-corrected chi connectivity index (χ0v) is 45.8. The first-order valence-corrected chi connectivity index (χ1v) is 29.4. The van der Waals surface area contributed by atoms with Gasteiger partial charge in [0, 0.05) is 61.2 Å². The van der Waals surface area contributed by atoms with Gasteiger partial charge in [0.1, 0.15) is 39.9 Å². The summed E-state index contributed by atoms with van der Waals surface area (Å²) in [7, 11) is 0. The number of hydrogen-bond donors (Lipinski definition) is 0. The minimum Gasteiger partial charge on any atom is -0.458 e. The topological polar surface area (TPSA) is 64.7 Å². The minimum atomic E-state index is -0.126. The Labute approximate surface area is 491 Å². The van der Waals surface area contributed by atoms with Crippen molar-refractivity contribution < 1.29 is 14.2 Å². The third-order valence-electron chi connectivity index (χ3n) is 19.0. The van der Waals surface area contributed by atoms with Crippen LogP contribution in [-0.4, -0.2) is 41.1 Å². The molecule has 0 bridgehead atoms. The lowest BCUT2D eigenvalue weighted by Crippen LogP contribution is -2.58. The van der Waals surface area contributed by atoms with Crippen molar-refractivity contribution in [2.45, 2.75) is 0 Å². The molecule has 86 heavy (non-hydrogen) atoms. The van der Waals surface area contributed by atoms with E-state index in [2.05, 4.69) is 271 Å². The van der Waals surface area contributed by atoms with Crippen LogP contribution in [-0.2, 0) is 0 Å². The summed E-state index contributed by atoms with van der Waals surface area (Å²) in [6.45, 7) is -0.0743.